The molecule has 0 aliphatic carbocycles. The Balaban J connectivity index is 2.94. The third-order valence-electron chi connectivity index (χ3n) is 2.84. The van der Waals surface area contributed by atoms with Crippen LogP contribution < -0.4 is 0 Å². The fourth-order valence-electron chi connectivity index (χ4n) is 1.83. The summed E-state index contributed by atoms with van der Waals surface area (Å²) in [5, 5.41) is 0. The molecule has 0 heterocycles. The molecule has 0 aromatic rings. The van der Waals surface area contributed by atoms with Gasteiger partial charge in [0.05, 0.1) is 0 Å². The number of alkyl halides is 4. The number of halogens is 4. The molecule has 0 aromatic carbocycles. The minimum atomic E-state index is -0.178. The van der Waals surface area contributed by atoms with Gasteiger partial charge in [0, 0.05) is 0 Å². The van der Waals surface area contributed by atoms with Gasteiger partial charge in [0.25, 0.3) is 0 Å². The molecule has 0 atom stereocenters. The smallest absolute Gasteiger partial charge is 0.105 e. The Kier molecular flexibility index (Phi) is 14.5. The first-order chi connectivity index (χ1) is 8.13. The Labute approximate surface area is 126 Å². The second kappa shape index (κ2) is 13.6. The van der Waals surface area contributed by atoms with E-state index in [-0.39, 0.29) is 9.67 Å². The number of hydrogen-bond donors (Lipinski definition) is 0. The largest absolute Gasteiger partial charge is 0.107 e. The quantitative estimate of drug-likeness (QED) is 0.271. The van der Waals surface area contributed by atoms with Crippen LogP contribution in [0.4, 0.5) is 0 Å². The highest BCUT2D eigenvalue weighted by Crippen LogP contribution is 2.16. The summed E-state index contributed by atoms with van der Waals surface area (Å²) in [4.78, 5) is -0.356. The monoisotopic (exact) mass is 320 g/mol. The molecule has 0 unspecified atom stereocenters. The van der Waals surface area contributed by atoms with Gasteiger partial charge in [0.15, 0.2) is 0 Å². The van der Waals surface area contributed by atoms with Gasteiger partial charge in [-0.2, -0.15) is 0 Å². The average molecular weight is 322 g/mol. The maximum absolute atomic E-state index is 5.66. The van der Waals surface area contributed by atoms with Crippen molar-refractivity contribution < 1.29 is 0 Å². The van der Waals surface area contributed by atoms with E-state index in [0.29, 0.717) is 0 Å². The SMILES string of the molecule is ClC(Cl)CCCCCCCCCCCC(Cl)Cl. The molecular weight excluding hydrogens is 298 g/mol. The predicted molar refractivity (Wildman–Crippen MR) is 81.8 cm³/mol. The van der Waals surface area contributed by atoms with E-state index in [2.05, 4.69) is 0 Å². The fourth-order valence-corrected chi connectivity index (χ4v) is 2.45. The van der Waals surface area contributed by atoms with Crippen LogP contribution in [0.5, 0.6) is 0 Å². The summed E-state index contributed by atoms with van der Waals surface area (Å²) < 4.78 is 0. The van der Waals surface area contributed by atoms with Crippen molar-refractivity contribution in [3.05, 3.63) is 0 Å². The average Bonchev–Trinajstić information content (AvgIpc) is 2.25. The minimum absolute atomic E-state index is 0.178. The van der Waals surface area contributed by atoms with Crippen LogP contribution in [0.2, 0.25) is 0 Å². The van der Waals surface area contributed by atoms with Crippen LogP contribution in [-0.2, 0) is 0 Å². The van der Waals surface area contributed by atoms with Crippen molar-refractivity contribution in [1.29, 1.82) is 0 Å². The van der Waals surface area contributed by atoms with Crippen LogP contribution in [0, 0.1) is 0 Å². The van der Waals surface area contributed by atoms with E-state index in [0.717, 1.165) is 25.7 Å². The molecule has 0 bridgehead atoms. The van der Waals surface area contributed by atoms with E-state index < -0.39 is 0 Å². The first-order valence-corrected chi connectivity index (χ1v) is 8.44. The number of rotatable bonds is 12. The Morgan fingerprint density at radius 1 is 0.412 bits per heavy atom. The molecule has 0 saturated heterocycles. The highest BCUT2D eigenvalue weighted by Gasteiger charge is 1.99. The lowest BCUT2D eigenvalue weighted by molar-refractivity contribution is 0.552. The van der Waals surface area contributed by atoms with E-state index in [1.165, 1.54) is 44.9 Å². The van der Waals surface area contributed by atoms with E-state index >= 15 is 0 Å². The van der Waals surface area contributed by atoms with Gasteiger partial charge >= 0.3 is 0 Å². The summed E-state index contributed by atoms with van der Waals surface area (Å²) >= 11 is 22.6. The van der Waals surface area contributed by atoms with E-state index in [4.69, 9.17) is 46.4 Å². The summed E-state index contributed by atoms with van der Waals surface area (Å²) in [5.74, 6) is 0. The predicted octanol–water partition coefficient (Wildman–Crippen LogP) is 6.88. The minimum Gasteiger partial charge on any atom is -0.105 e. The van der Waals surface area contributed by atoms with Crippen LogP contribution in [0.25, 0.3) is 0 Å². The Morgan fingerprint density at radius 3 is 0.882 bits per heavy atom. The maximum Gasteiger partial charge on any atom is 0.107 e. The molecule has 0 radical (unpaired) electrons. The van der Waals surface area contributed by atoms with Crippen molar-refractivity contribution in [1.82, 2.24) is 0 Å². The van der Waals surface area contributed by atoms with Gasteiger partial charge in [0.2, 0.25) is 0 Å². The molecule has 0 aliphatic heterocycles. The van der Waals surface area contributed by atoms with E-state index in [1.54, 1.807) is 0 Å². The molecule has 0 nitrogen and oxygen atoms in total. The molecule has 0 saturated carbocycles. The summed E-state index contributed by atoms with van der Waals surface area (Å²) in [6.45, 7) is 0. The highest BCUT2D eigenvalue weighted by molar-refractivity contribution is 6.44. The Hall–Kier alpha value is 1.16. The first-order valence-electron chi connectivity index (χ1n) is 6.69. The van der Waals surface area contributed by atoms with Gasteiger partial charge in [-0.1, -0.05) is 57.8 Å². The Bertz CT molecular complexity index is 132. The lowest BCUT2D eigenvalue weighted by atomic mass is 10.1. The van der Waals surface area contributed by atoms with Crippen molar-refractivity contribution in [2.75, 3.05) is 0 Å². The van der Waals surface area contributed by atoms with Gasteiger partial charge in [-0.3, -0.25) is 0 Å². The zero-order valence-corrected chi connectivity index (χ0v) is 13.5. The van der Waals surface area contributed by atoms with Crippen LogP contribution >= 0.6 is 46.4 Å². The molecule has 4 heteroatoms. The van der Waals surface area contributed by atoms with Crippen molar-refractivity contribution in [2.24, 2.45) is 0 Å². The second-order valence-electron chi connectivity index (χ2n) is 4.54. The van der Waals surface area contributed by atoms with Gasteiger partial charge in [-0.05, 0) is 12.8 Å². The van der Waals surface area contributed by atoms with Crippen LogP contribution in [0.15, 0.2) is 0 Å². The normalized spacial score (nSPS) is 11.6. The first kappa shape index (κ1) is 18.2. The van der Waals surface area contributed by atoms with Gasteiger partial charge < -0.3 is 0 Å². The Morgan fingerprint density at radius 2 is 0.647 bits per heavy atom. The molecule has 0 fully saturated rings. The summed E-state index contributed by atoms with van der Waals surface area (Å²) in [7, 11) is 0. The molecule has 0 N–H and O–H groups in total. The van der Waals surface area contributed by atoms with Crippen molar-refractivity contribution in [3.8, 4) is 0 Å². The number of hydrogen-bond acceptors (Lipinski definition) is 0. The van der Waals surface area contributed by atoms with Crippen molar-refractivity contribution in [2.45, 2.75) is 80.3 Å². The summed E-state index contributed by atoms with van der Waals surface area (Å²) in [6, 6.07) is 0. The molecule has 0 aliphatic rings. The number of unbranched alkanes of at least 4 members (excludes halogenated alkanes) is 8. The van der Waals surface area contributed by atoms with Crippen LogP contribution in [0.1, 0.15) is 70.6 Å². The van der Waals surface area contributed by atoms with E-state index in [1.807, 2.05) is 0 Å². The van der Waals surface area contributed by atoms with Gasteiger partial charge in [-0.25, -0.2) is 0 Å². The summed E-state index contributed by atoms with van der Waals surface area (Å²) in [5.41, 5.74) is 0. The summed E-state index contributed by atoms with van der Waals surface area (Å²) in [6.07, 6.45) is 13.3. The zero-order valence-electron chi connectivity index (χ0n) is 10.4. The van der Waals surface area contributed by atoms with Crippen molar-refractivity contribution >= 4 is 46.4 Å². The second-order valence-corrected chi connectivity index (χ2v) is 7.10. The third-order valence-corrected chi connectivity index (χ3v) is 3.72. The fraction of sp³-hybridized carbons (Fsp3) is 1.00. The van der Waals surface area contributed by atoms with Crippen LogP contribution in [-0.4, -0.2) is 9.67 Å². The third kappa shape index (κ3) is 17.2. The molecular formula is C13H24Cl4. The van der Waals surface area contributed by atoms with Gasteiger partial charge in [-0.15, -0.1) is 46.4 Å². The molecule has 0 spiro atoms. The maximum atomic E-state index is 5.66. The molecule has 104 valence electrons. The molecule has 0 aromatic heterocycles. The van der Waals surface area contributed by atoms with Gasteiger partial charge in [0.1, 0.15) is 9.67 Å². The lowest BCUT2D eigenvalue weighted by Gasteiger charge is -2.03. The topological polar surface area (TPSA) is 0 Å². The van der Waals surface area contributed by atoms with Crippen molar-refractivity contribution in [3.63, 3.8) is 0 Å². The zero-order chi connectivity index (χ0) is 12.9. The highest BCUT2D eigenvalue weighted by atomic mass is 35.5. The molecule has 0 rings (SSSR count). The molecule has 17 heavy (non-hydrogen) atoms. The lowest BCUT2D eigenvalue weighted by Crippen LogP contribution is -1.88. The van der Waals surface area contributed by atoms with Crippen LogP contribution in [0.3, 0.4) is 0 Å². The van der Waals surface area contributed by atoms with E-state index in [9.17, 15) is 0 Å². The molecule has 0 amide bonds. The standard InChI is InChI=1S/C13H24Cl4/c14-12(15)10-8-6-4-2-1-3-5-7-9-11-13(16)17/h12-13H,1-11H2.